The highest BCUT2D eigenvalue weighted by molar-refractivity contribution is 6.31. The van der Waals surface area contributed by atoms with Gasteiger partial charge in [0.05, 0.1) is 6.04 Å². The van der Waals surface area contributed by atoms with Crippen LogP contribution in [0.3, 0.4) is 0 Å². The second kappa shape index (κ2) is 5.34. The summed E-state index contributed by atoms with van der Waals surface area (Å²) in [6.45, 7) is 0. The van der Waals surface area contributed by atoms with Crippen molar-refractivity contribution in [3.63, 3.8) is 0 Å². The number of aliphatic hydroxyl groups excluding tert-OH is 1. The molecule has 1 rings (SSSR count). The zero-order valence-corrected chi connectivity index (χ0v) is 10.6. The zero-order valence-electron chi connectivity index (χ0n) is 9.87. The van der Waals surface area contributed by atoms with Gasteiger partial charge >= 0.3 is 6.18 Å². The summed E-state index contributed by atoms with van der Waals surface area (Å²) in [6.07, 6.45) is -7.41. The van der Waals surface area contributed by atoms with Crippen LogP contribution in [0.4, 0.5) is 18.9 Å². The Bertz CT molecular complexity index is 423. The minimum Gasteiger partial charge on any atom is -0.382 e. The smallest absolute Gasteiger partial charge is 0.382 e. The van der Waals surface area contributed by atoms with Crippen LogP contribution in [-0.4, -0.2) is 31.5 Å². The average molecular weight is 283 g/mol. The molecule has 102 valence electrons. The number of alkyl halides is 3. The summed E-state index contributed by atoms with van der Waals surface area (Å²) in [5.41, 5.74) is 6.18. The molecule has 1 aromatic carbocycles. The lowest BCUT2D eigenvalue weighted by Gasteiger charge is -2.23. The molecule has 0 aliphatic heterocycles. The Morgan fingerprint density at radius 3 is 2.28 bits per heavy atom. The Morgan fingerprint density at radius 1 is 1.33 bits per heavy atom. The minimum absolute atomic E-state index is 0.0621. The maximum atomic E-state index is 12.3. The van der Waals surface area contributed by atoms with E-state index in [1.54, 1.807) is 25.1 Å². The molecule has 3 nitrogen and oxygen atoms in total. The molecule has 0 aliphatic carbocycles. The van der Waals surface area contributed by atoms with Gasteiger partial charge in [-0.2, -0.15) is 13.2 Å². The molecule has 0 aromatic heterocycles. The molecular weight excluding hydrogens is 269 g/mol. The number of aliphatic hydroxyl groups is 1. The van der Waals surface area contributed by atoms with E-state index in [9.17, 15) is 13.2 Å². The number of nitrogens with zero attached hydrogens (tertiary/aromatic N) is 1. The fourth-order valence-electron chi connectivity index (χ4n) is 1.44. The SMILES string of the molecule is CN(C)c1ccc([C@H](N)[C@H](O)C(F)(F)F)c(Cl)c1. The molecule has 0 radical (unpaired) electrons. The van der Waals surface area contributed by atoms with Gasteiger partial charge in [-0.25, -0.2) is 0 Å². The standard InChI is InChI=1S/C11H14ClF3N2O/c1-17(2)6-3-4-7(8(12)5-6)9(16)10(18)11(13,14)15/h3-5,9-10,18H,16H2,1-2H3/t9-,10-/m0/s1. The average Bonchev–Trinajstić information content (AvgIpc) is 2.25. The molecule has 1 aromatic rings. The van der Waals surface area contributed by atoms with E-state index >= 15 is 0 Å². The summed E-state index contributed by atoms with van der Waals surface area (Å²) < 4.78 is 37.0. The van der Waals surface area contributed by atoms with Crippen LogP contribution in [0.1, 0.15) is 11.6 Å². The number of hydrogen-bond acceptors (Lipinski definition) is 3. The molecule has 0 heterocycles. The van der Waals surface area contributed by atoms with E-state index in [0.717, 1.165) is 5.69 Å². The second-order valence-corrected chi connectivity index (χ2v) is 4.52. The molecule has 0 unspecified atom stereocenters. The van der Waals surface area contributed by atoms with Crippen LogP contribution in [0.5, 0.6) is 0 Å². The number of halogens is 4. The molecule has 18 heavy (non-hydrogen) atoms. The number of benzene rings is 1. The molecule has 0 aliphatic rings. The van der Waals surface area contributed by atoms with Crippen molar-refractivity contribution in [1.82, 2.24) is 0 Å². The molecule has 3 N–H and O–H groups in total. The lowest BCUT2D eigenvalue weighted by molar-refractivity contribution is -0.210. The van der Waals surface area contributed by atoms with Crippen molar-refractivity contribution in [2.75, 3.05) is 19.0 Å². The van der Waals surface area contributed by atoms with Crippen molar-refractivity contribution in [1.29, 1.82) is 0 Å². The summed E-state index contributed by atoms with van der Waals surface area (Å²) in [6, 6.07) is 2.87. The molecule has 0 spiro atoms. The van der Waals surface area contributed by atoms with Gasteiger partial charge in [0.25, 0.3) is 0 Å². The van der Waals surface area contributed by atoms with Gasteiger partial charge in [0.2, 0.25) is 0 Å². The lowest BCUT2D eigenvalue weighted by atomic mass is 10.0. The molecule has 7 heteroatoms. The third kappa shape index (κ3) is 3.28. The van der Waals surface area contributed by atoms with Gasteiger partial charge in [0.1, 0.15) is 0 Å². The quantitative estimate of drug-likeness (QED) is 0.895. The van der Waals surface area contributed by atoms with E-state index in [1.807, 2.05) is 0 Å². The molecule has 0 saturated carbocycles. The highest BCUT2D eigenvalue weighted by Crippen LogP contribution is 2.33. The second-order valence-electron chi connectivity index (χ2n) is 4.11. The van der Waals surface area contributed by atoms with Crippen LogP contribution in [0.15, 0.2) is 18.2 Å². The lowest BCUT2D eigenvalue weighted by Crippen LogP contribution is -2.39. The van der Waals surface area contributed by atoms with Crippen molar-refractivity contribution in [3.8, 4) is 0 Å². The largest absolute Gasteiger partial charge is 0.416 e. The van der Waals surface area contributed by atoms with Gasteiger partial charge in [0.15, 0.2) is 6.10 Å². The Hall–Kier alpha value is -0.980. The Morgan fingerprint density at radius 2 is 1.89 bits per heavy atom. The molecule has 0 bridgehead atoms. The van der Waals surface area contributed by atoms with E-state index < -0.39 is 18.3 Å². The van der Waals surface area contributed by atoms with Crippen LogP contribution in [0, 0.1) is 0 Å². The first kappa shape index (κ1) is 15.1. The van der Waals surface area contributed by atoms with Crippen molar-refractivity contribution >= 4 is 17.3 Å². The first-order chi connectivity index (χ1) is 8.14. The van der Waals surface area contributed by atoms with Crippen molar-refractivity contribution in [2.45, 2.75) is 18.3 Å². The van der Waals surface area contributed by atoms with Crippen LogP contribution in [0.25, 0.3) is 0 Å². The van der Waals surface area contributed by atoms with Gasteiger partial charge in [-0.15, -0.1) is 0 Å². The predicted molar refractivity (Wildman–Crippen MR) is 64.8 cm³/mol. The van der Waals surface area contributed by atoms with Crippen LogP contribution < -0.4 is 10.6 Å². The van der Waals surface area contributed by atoms with E-state index in [-0.39, 0.29) is 10.6 Å². The molecule has 2 atom stereocenters. The summed E-state index contributed by atoms with van der Waals surface area (Å²) in [4.78, 5) is 1.75. The van der Waals surface area contributed by atoms with Crippen molar-refractivity contribution < 1.29 is 18.3 Å². The van der Waals surface area contributed by atoms with Crippen LogP contribution >= 0.6 is 11.6 Å². The Kier molecular flexibility index (Phi) is 4.47. The van der Waals surface area contributed by atoms with Crippen molar-refractivity contribution in [2.24, 2.45) is 5.73 Å². The van der Waals surface area contributed by atoms with Gasteiger partial charge in [-0.1, -0.05) is 17.7 Å². The Balaban J connectivity index is 3.04. The van der Waals surface area contributed by atoms with Gasteiger partial charge in [0, 0.05) is 24.8 Å². The predicted octanol–water partition coefficient (Wildman–Crippen LogP) is 2.33. The van der Waals surface area contributed by atoms with Gasteiger partial charge < -0.3 is 15.7 Å². The molecule has 0 fully saturated rings. The van der Waals surface area contributed by atoms with E-state index in [1.165, 1.54) is 12.1 Å². The maximum absolute atomic E-state index is 12.3. The van der Waals surface area contributed by atoms with Crippen LogP contribution in [-0.2, 0) is 0 Å². The van der Waals surface area contributed by atoms with Crippen LogP contribution in [0.2, 0.25) is 5.02 Å². The number of rotatable bonds is 3. The minimum atomic E-state index is -4.77. The zero-order chi connectivity index (χ0) is 14.1. The van der Waals surface area contributed by atoms with E-state index in [0.29, 0.717) is 0 Å². The molecular formula is C11H14ClF3N2O. The highest BCUT2D eigenvalue weighted by Gasteiger charge is 2.43. The molecule has 0 amide bonds. The highest BCUT2D eigenvalue weighted by atomic mass is 35.5. The third-order valence-electron chi connectivity index (χ3n) is 2.54. The normalized spacial score (nSPS) is 15.3. The fraction of sp³-hybridized carbons (Fsp3) is 0.455. The van der Waals surface area contributed by atoms with Crippen molar-refractivity contribution in [3.05, 3.63) is 28.8 Å². The summed E-state index contributed by atoms with van der Waals surface area (Å²) in [5.74, 6) is 0. The third-order valence-corrected chi connectivity index (χ3v) is 2.86. The molecule has 0 saturated heterocycles. The van der Waals surface area contributed by atoms with E-state index in [4.69, 9.17) is 22.4 Å². The monoisotopic (exact) mass is 282 g/mol. The van der Waals surface area contributed by atoms with E-state index in [2.05, 4.69) is 0 Å². The summed E-state index contributed by atoms with van der Waals surface area (Å²) >= 11 is 5.88. The number of hydrogen-bond donors (Lipinski definition) is 2. The fourth-order valence-corrected chi connectivity index (χ4v) is 1.74. The van der Waals surface area contributed by atoms with Gasteiger partial charge in [-0.05, 0) is 17.7 Å². The number of anilines is 1. The summed E-state index contributed by atoms with van der Waals surface area (Å²) in [5, 5.41) is 9.19. The first-order valence-electron chi connectivity index (χ1n) is 5.11. The van der Waals surface area contributed by atoms with Gasteiger partial charge in [-0.3, -0.25) is 0 Å². The first-order valence-corrected chi connectivity index (χ1v) is 5.49. The topological polar surface area (TPSA) is 49.5 Å². The number of nitrogens with two attached hydrogens (primary N) is 1. The summed E-state index contributed by atoms with van der Waals surface area (Å²) in [7, 11) is 3.55. The maximum Gasteiger partial charge on any atom is 0.416 e. The Labute approximate surface area is 108 Å².